The number of phenolic OH excluding ortho intramolecular Hbond substituents is 1. The number of carbonyl (C=O) groups excluding carboxylic acids is 2. The number of hydrogen-bond acceptors (Lipinski definition) is 7. The number of nitrogens with zero attached hydrogens (tertiary/aromatic N) is 1. The highest BCUT2D eigenvalue weighted by Gasteiger charge is 2.30. The van der Waals surface area contributed by atoms with Crippen LogP contribution in [0.15, 0.2) is 48.8 Å². The molecule has 2 amide bonds. The van der Waals surface area contributed by atoms with E-state index < -0.39 is 23.7 Å². The van der Waals surface area contributed by atoms with Crippen LogP contribution in [0.5, 0.6) is 5.75 Å². The summed E-state index contributed by atoms with van der Waals surface area (Å²) < 4.78 is 5.23. The van der Waals surface area contributed by atoms with Gasteiger partial charge in [0.2, 0.25) is 5.91 Å². The zero-order chi connectivity index (χ0) is 27.4. The third-order valence-electron chi connectivity index (χ3n) is 5.82. The Balaban J connectivity index is 0.000000591. The van der Waals surface area contributed by atoms with E-state index in [4.69, 9.17) is 10.5 Å². The van der Waals surface area contributed by atoms with Crippen molar-refractivity contribution in [2.45, 2.75) is 64.5 Å². The molecule has 1 atom stereocenters. The van der Waals surface area contributed by atoms with Crippen LogP contribution in [-0.2, 0) is 20.7 Å². The molecule has 202 valence electrons. The molecule has 1 aromatic carbocycles. The molecule has 0 aliphatic heterocycles. The third kappa shape index (κ3) is 11.6. The van der Waals surface area contributed by atoms with Crippen LogP contribution in [0.25, 0.3) is 0 Å². The summed E-state index contributed by atoms with van der Waals surface area (Å²) in [7, 11) is 0. The SMILES string of the molecule is CC(C)(C)OC(=O)NCC1CCC(C(=O)NC(Cc2cccc(O)c2)C(=O)O)CC1.Nc1ccncc1. The number of carboxylic acid groups (broad SMARTS) is 1. The molecule has 10 nitrogen and oxygen atoms in total. The van der Waals surface area contributed by atoms with E-state index >= 15 is 0 Å². The second kappa shape index (κ2) is 14.1. The first-order valence-electron chi connectivity index (χ1n) is 12.4. The second-order valence-electron chi connectivity index (χ2n) is 10.2. The van der Waals surface area contributed by atoms with Crippen molar-refractivity contribution in [3.63, 3.8) is 0 Å². The summed E-state index contributed by atoms with van der Waals surface area (Å²) in [6.45, 7) is 5.92. The molecule has 1 heterocycles. The summed E-state index contributed by atoms with van der Waals surface area (Å²) in [5, 5.41) is 24.4. The molecule has 6 N–H and O–H groups in total. The van der Waals surface area contributed by atoms with Gasteiger partial charge in [0.15, 0.2) is 0 Å². The number of amides is 2. The highest BCUT2D eigenvalue weighted by Crippen LogP contribution is 2.29. The van der Waals surface area contributed by atoms with Crippen molar-refractivity contribution in [1.29, 1.82) is 0 Å². The molecule has 0 radical (unpaired) electrons. The number of carbonyl (C=O) groups is 3. The first-order valence-corrected chi connectivity index (χ1v) is 12.4. The van der Waals surface area contributed by atoms with Gasteiger partial charge in [0.05, 0.1) is 0 Å². The number of anilines is 1. The molecule has 1 aliphatic carbocycles. The molecule has 1 aromatic heterocycles. The quantitative estimate of drug-likeness (QED) is 0.375. The van der Waals surface area contributed by atoms with Crippen molar-refractivity contribution in [3.8, 4) is 5.75 Å². The molecule has 0 spiro atoms. The number of nitrogens with two attached hydrogens (primary N) is 1. The fraction of sp³-hybridized carbons (Fsp3) is 0.481. The van der Waals surface area contributed by atoms with E-state index in [1.54, 1.807) is 57.4 Å². The van der Waals surface area contributed by atoms with E-state index in [2.05, 4.69) is 15.6 Å². The molecular formula is C27H38N4O6. The zero-order valence-corrected chi connectivity index (χ0v) is 21.6. The number of nitrogen functional groups attached to an aromatic ring is 1. The van der Waals surface area contributed by atoms with Crippen LogP contribution in [0.1, 0.15) is 52.0 Å². The lowest BCUT2D eigenvalue weighted by Crippen LogP contribution is -2.46. The molecular weight excluding hydrogens is 476 g/mol. The minimum absolute atomic E-state index is 0.0567. The van der Waals surface area contributed by atoms with Gasteiger partial charge in [-0.25, -0.2) is 9.59 Å². The van der Waals surface area contributed by atoms with Gasteiger partial charge in [0.1, 0.15) is 17.4 Å². The smallest absolute Gasteiger partial charge is 0.407 e. The van der Waals surface area contributed by atoms with Gasteiger partial charge in [-0.3, -0.25) is 9.78 Å². The van der Waals surface area contributed by atoms with Crippen LogP contribution in [0.3, 0.4) is 0 Å². The monoisotopic (exact) mass is 514 g/mol. The Morgan fingerprint density at radius 1 is 1.11 bits per heavy atom. The van der Waals surface area contributed by atoms with Crippen molar-refractivity contribution < 1.29 is 29.3 Å². The van der Waals surface area contributed by atoms with Crippen LogP contribution in [0.2, 0.25) is 0 Å². The number of carboxylic acids is 1. The van der Waals surface area contributed by atoms with Gasteiger partial charge in [-0.2, -0.15) is 0 Å². The van der Waals surface area contributed by atoms with E-state index in [1.807, 2.05) is 0 Å². The van der Waals surface area contributed by atoms with E-state index in [0.29, 0.717) is 24.9 Å². The van der Waals surface area contributed by atoms with Crippen LogP contribution < -0.4 is 16.4 Å². The maximum atomic E-state index is 12.6. The summed E-state index contributed by atoms with van der Waals surface area (Å²) in [4.78, 5) is 39.7. The Bertz CT molecular complexity index is 1020. The largest absolute Gasteiger partial charge is 0.508 e. The lowest BCUT2D eigenvalue weighted by atomic mass is 9.81. The number of pyridine rings is 1. The highest BCUT2D eigenvalue weighted by molar-refractivity contribution is 5.85. The molecule has 3 rings (SSSR count). The number of phenols is 1. The van der Waals surface area contributed by atoms with E-state index in [9.17, 15) is 24.6 Å². The van der Waals surface area contributed by atoms with Crippen LogP contribution in [-0.4, -0.2) is 51.4 Å². The standard InChI is InChI=1S/C22H32N2O6.C5H6N2/c1-22(2,3)30-21(29)23-13-14-7-9-16(10-8-14)19(26)24-18(20(27)28)12-15-5-4-6-17(25)11-15;6-5-1-3-7-4-2-5/h4-6,11,14,16,18,25H,7-10,12-13H2,1-3H3,(H,23,29)(H,24,26)(H,27,28);1-4H,(H2,6,7). The zero-order valence-electron chi connectivity index (χ0n) is 21.6. The summed E-state index contributed by atoms with van der Waals surface area (Å²) in [6, 6.07) is 8.80. The molecule has 0 bridgehead atoms. The predicted molar refractivity (Wildman–Crippen MR) is 140 cm³/mol. The first kappa shape index (κ1) is 29.4. The molecule has 1 fully saturated rings. The molecule has 2 aromatic rings. The van der Waals surface area contributed by atoms with Crippen molar-refractivity contribution in [1.82, 2.24) is 15.6 Å². The predicted octanol–water partition coefficient (Wildman–Crippen LogP) is 3.50. The van der Waals surface area contributed by atoms with Crippen LogP contribution in [0, 0.1) is 11.8 Å². The number of aliphatic carboxylic acids is 1. The molecule has 10 heteroatoms. The molecule has 1 aliphatic rings. The maximum Gasteiger partial charge on any atom is 0.407 e. The Labute approximate surface area is 217 Å². The molecule has 0 saturated heterocycles. The number of benzene rings is 1. The van der Waals surface area contributed by atoms with Gasteiger partial charge >= 0.3 is 12.1 Å². The summed E-state index contributed by atoms with van der Waals surface area (Å²) >= 11 is 0. The van der Waals surface area contributed by atoms with Gasteiger partial charge in [0, 0.05) is 37.0 Å². The van der Waals surface area contributed by atoms with Crippen LogP contribution in [0.4, 0.5) is 10.5 Å². The topological polar surface area (TPSA) is 164 Å². The maximum absolute atomic E-state index is 12.6. The van der Waals surface area contributed by atoms with E-state index in [1.165, 1.54) is 12.1 Å². The Morgan fingerprint density at radius 2 is 1.76 bits per heavy atom. The Kier molecular flexibility index (Phi) is 11.2. The number of aromatic nitrogens is 1. The average molecular weight is 515 g/mol. The summed E-state index contributed by atoms with van der Waals surface area (Å²) in [5.41, 5.74) is 6.17. The number of alkyl carbamates (subject to hydrolysis) is 1. The Morgan fingerprint density at radius 3 is 2.27 bits per heavy atom. The summed E-state index contributed by atoms with van der Waals surface area (Å²) in [5.74, 6) is -1.29. The molecule has 37 heavy (non-hydrogen) atoms. The van der Waals surface area contributed by atoms with Gasteiger partial charge in [-0.15, -0.1) is 0 Å². The minimum Gasteiger partial charge on any atom is -0.508 e. The number of rotatable bonds is 7. The van der Waals surface area contributed by atoms with Gasteiger partial charge in [0.25, 0.3) is 0 Å². The van der Waals surface area contributed by atoms with Gasteiger partial charge in [-0.05, 0) is 82.2 Å². The van der Waals surface area contributed by atoms with Gasteiger partial charge < -0.3 is 31.3 Å². The highest BCUT2D eigenvalue weighted by atomic mass is 16.6. The second-order valence-corrected chi connectivity index (χ2v) is 10.2. The van der Waals surface area contributed by atoms with E-state index in [0.717, 1.165) is 18.5 Å². The third-order valence-corrected chi connectivity index (χ3v) is 5.82. The van der Waals surface area contributed by atoms with Crippen molar-refractivity contribution in [2.75, 3.05) is 12.3 Å². The number of nitrogens with one attached hydrogen (secondary N) is 2. The van der Waals surface area contributed by atoms with E-state index in [-0.39, 0.29) is 29.9 Å². The average Bonchev–Trinajstić information content (AvgIpc) is 2.82. The fourth-order valence-corrected chi connectivity index (χ4v) is 3.94. The Hall–Kier alpha value is -3.82. The van der Waals surface area contributed by atoms with Gasteiger partial charge in [-0.1, -0.05) is 12.1 Å². The fourth-order valence-electron chi connectivity index (χ4n) is 3.94. The van der Waals surface area contributed by atoms with Crippen molar-refractivity contribution >= 4 is 23.7 Å². The molecule has 1 saturated carbocycles. The molecule has 1 unspecified atom stereocenters. The normalized spacial score (nSPS) is 17.9. The lowest BCUT2D eigenvalue weighted by molar-refractivity contribution is -0.142. The number of hydrogen-bond donors (Lipinski definition) is 5. The lowest BCUT2D eigenvalue weighted by Gasteiger charge is -2.29. The number of ether oxygens (including phenoxy) is 1. The van der Waals surface area contributed by atoms with Crippen molar-refractivity contribution in [2.24, 2.45) is 11.8 Å². The van der Waals surface area contributed by atoms with Crippen molar-refractivity contribution in [3.05, 3.63) is 54.4 Å². The van der Waals surface area contributed by atoms with Crippen LogP contribution >= 0.6 is 0 Å². The number of aromatic hydroxyl groups is 1. The summed E-state index contributed by atoms with van der Waals surface area (Å²) in [6.07, 6.45) is 5.82. The first-order chi connectivity index (χ1) is 17.4. The minimum atomic E-state index is -1.11.